The van der Waals surface area contributed by atoms with E-state index in [0.29, 0.717) is 12.8 Å². The zero-order valence-electron chi connectivity index (χ0n) is 12.4. The summed E-state index contributed by atoms with van der Waals surface area (Å²) in [6.07, 6.45) is 1.03. The number of carbonyl (C=O) groups is 1. The number of hydrogen-bond acceptors (Lipinski definition) is 2. The maximum atomic E-state index is 11.4. The van der Waals surface area contributed by atoms with Crippen LogP contribution in [0.1, 0.15) is 45.2 Å². The number of hydrogen-bond donors (Lipinski definition) is 2. The summed E-state index contributed by atoms with van der Waals surface area (Å²) in [6.45, 7) is 8.53. The van der Waals surface area contributed by atoms with E-state index in [-0.39, 0.29) is 12.0 Å². The highest BCUT2D eigenvalue weighted by Crippen LogP contribution is 2.28. The van der Waals surface area contributed by atoms with Crippen molar-refractivity contribution in [2.75, 3.05) is 6.54 Å². The number of nitrogens with two attached hydrogens (primary N) is 1. The normalized spacial score (nSPS) is 15.0. The molecule has 0 fully saturated rings. The Morgan fingerprint density at radius 3 is 2.05 bits per heavy atom. The molecule has 106 valence electrons. The van der Waals surface area contributed by atoms with Crippen molar-refractivity contribution in [1.82, 2.24) is 0 Å². The quantitative estimate of drug-likeness (QED) is 0.858. The van der Waals surface area contributed by atoms with Gasteiger partial charge in [-0.2, -0.15) is 0 Å². The topological polar surface area (TPSA) is 63.3 Å². The Morgan fingerprint density at radius 2 is 1.74 bits per heavy atom. The molecule has 0 saturated heterocycles. The first-order valence-corrected chi connectivity index (χ1v) is 6.78. The van der Waals surface area contributed by atoms with Crippen molar-refractivity contribution >= 4 is 5.97 Å². The lowest BCUT2D eigenvalue weighted by Gasteiger charge is -2.27. The average Bonchev–Trinajstić information content (AvgIpc) is 2.35. The Hall–Kier alpha value is -1.35. The first kappa shape index (κ1) is 15.7. The third kappa shape index (κ3) is 3.57. The van der Waals surface area contributed by atoms with Crippen molar-refractivity contribution in [3.63, 3.8) is 0 Å². The lowest BCUT2D eigenvalue weighted by Crippen LogP contribution is -2.40. The number of carboxylic acids is 1. The molecular formula is C16H25NO2. The molecule has 3 heteroatoms. The number of carboxylic acid groups (broad SMARTS) is 1. The van der Waals surface area contributed by atoms with E-state index in [1.54, 1.807) is 0 Å². The van der Waals surface area contributed by atoms with E-state index in [2.05, 4.69) is 32.9 Å². The van der Waals surface area contributed by atoms with Gasteiger partial charge in [-0.15, -0.1) is 0 Å². The van der Waals surface area contributed by atoms with Gasteiger partial charge in [-0.25, -0.2) is 0 Å². The fourth-order valence-electron chi connectivity index (χ4n) is 2.17. The summed E-state index contributed by atoms with van der Waals surface area (Å²) in [4.78, 5) is 11.4. The van der Waals surface area contributed by atoms with Crippen molar-refractivity contribution in [1.29, 1.82) is 0 Å². The molecule has 3 nitrogen and oxygen atoms in total. The summed E-state index contributed by atoms with van der Waals surface area (Å²) < 4.78 is 0. The third-order valence-electron chi connectivity index (χ3n) is 3.88. The Morgan fingerprint density at radius 1 is 1.21 bits per heavy atom. The van der Waals surface area contributed by atoms with Crippen molar-refractivity contribution < 1.29 is 9.90 Å². The molecule has 0 aliphatic carbocycles. The van der Waals surface area contributed by atoms with E-state index in [4.69, 9.17) is 5.73 Å². The fraction of sp³-hybridized carbons (Fsp3) is 0.562. The van der Waals surface area contributed by atoms with Crippen LogP contribution in [-0.4, -0.2) is 17.6 Å². The predicted octanol–water partition coefficient (Wildman–Crippen LogP) is 2.97. The SMILES string of the molecule is CCC(CN)(Cc1ccc(C(C)(C)C)cc1)C(=O)O. The van der Waals surface area contributed by atoms with Gasteiger partial charge in [-0.05, 0) is 29.4 Å². The van der Waals surface area contributed by atoms with Gasteiger partial charge in [0.15, 0.2) is 0 Å². The van der Waals surface area contributed by atoms with Gasteiger partial charge in [0.1, 0.15) is 0 Å². The first-order valence-electron chi connectivity index (χ1n) is 6.78. The van der Waals surface area contributed by atoms with Crippen LogP contribution < -0.4 is 5.73 Å². The predicted molar refractivity (Wildman–Crippen MR) is 78.3 cm³/mol. The summed E-state index contributed by atoms with van der Waals surface area (Å²) in [5, 5.41) is 9.39. The molecule has 0 radical (unpaired) electrons. The molecule has 0 aromatic heterocycles. The third-order valence-corrected chi connectivity index (χ3v) is 3.88. The molecule has 0 spiro atoms. The van der Waals surface area contributed by atoms with Crippen LogP contribution in [0.3, 0.4) is 0 Å². The summed E-state index contributed by atoms with van der Waals surface area (Å²) >= 11 is 0. The Bertz CT molecular complexity index is 425. The first-order chi connectivity index (χ1) is 8.75. The van der Waals surface area contributed by atoms with Gasteiger partial charge in [0, 0.05) is 6.54 Å². The molecule has 0 aliphatic rings. The maximum Gasteiger partial charge on any atom is 0.311 e. The zero-order valence-corrected chi connectivity index (χ0v) is 12.4. The van der Waals surface area contributed by atoms with E-state index in [0.717, 1.165) is 5.56 Å². The van der Waals surface area contributed by atoms with Crippen molar-refractivity contribution in [2.45, 2.75) is 46.0 Å². The monoisotopic (exact) mass is 263 g/mol. The second-order valence-electron chi connectivity index (χ2n) is 6.27. The van der Waals surface area contributed by atoms with Gasteiger partial charge in [0.05, 0.1) is 5.41 Å². The number of rotatable bonds is 5. The van der Waals surface area contributed by atoms with Crippen LogP contribution in [0, 0.1) is 5.41 Å². The maximum absolute atomic E-state index is 11.4. The zero-order chi connectivity index (χ0) is 14.7. The lowest BCUT2D eigenvalue weighted by atomic mass is 9.78. The van der Waals surface area contributed by atoms with Gasteiger partial charge in [-0.3, -0.25) is 4.79 Å². The molecular weight excluding hydrogens is 238 g/mol. The largest absolute Gasteiger partial charge is 0.481 e. The van der Waals surface area contributed by atoms with E-state index in [1.165, 1.54) is 5.56 Å². The molecule has 1 rings (SSSR count). The number of aliphatic carboxylic acids is 1. The second kappa shape index (κ2) is 5.74. The van der Waals surface area contributed by atoms with Crippen LogP contribution in [0.4, 0.5) is 0 Å². The summed E-state index contributed by atoms with van der Waals surface area (Å²) in [5.41, 5.74) is 7.24. The molecule has 1 atom stereocenters. The van der Waals surface area contributed by atoms with Crippen LogP contribution in [0.2, 0.25) is 0 Å². The van der Waals surface area contributed by atoms with Crippen LogP contribution in [0.15, 0.2) is 24.3 Å². The fourth-order valence-corrected chi connectivity index (χ4v) is 2.17. The Kier molecular flexibility index (Phi) is 4.75. The summed E-state index contributed by atoms with van der Waals surface area (Å²) in [6, 6.07) is 8.19. The molecule has 1 aromatic rings. The molecule has 0 bridgehead atoms. The standard InChI is InChI=1S/C16H25NO2/c1-5-16(11-17,14(18)19)10-12-6-8-13(9-7-12)15(2,3)4/h6-9H,5,10-11,17H2,1-4H3,(H,18,19). The molecule has 1 unspecified atom stereocenters. The summed E-state index contributed by atoms with van der Waals surface area (Å²) in [5.74, 6) is -0.808. The van der Waals surface area contributed by atoms with Crippen molar-refractivity contribution in [3.8, 4) is 0 Å². The highest BCUT2D eigenvalue weighted by atomic mass is 16.4. The molecule has 0 aliphatic heterocycles. The van der Waals surface area contributed by atoms with Crippen LogP contribution in [0.25, 0.3) is 0 Å². The molecule has 0 heterocycles. The highest BCUT2D eigenvalue weighted by Gasteiger charge is 2.35. The van der Waals surface area contributed by atoms with Gasteiger partial charge < -0.3 is 10.8 Å². The second-order valence-corrected chi connectivity index (χ2v) is 6.27. The van der Waals surface area contributed by atoms with Gasteiger partial charge in [0.2, 0.25) is 0 Å². The highest BCUT2D eigenvalue weighted by molar-refractivity contribution is 5.75. The van der Waals surface area contributed by atoms with Crippen LogP contribution >= 0.6 is 0 Å². The lowest BCUT2D eigenvalue weighted by molar-refractivity contribution is -0.148. The smallest absolute Gasteiger partial charge is 0.311 e. The van der Waals surface area contributed by atoms with E-state index in [1.807, 2.05) is 19.1 Å². The molecule has 0 saturated carbocycles. The van der Waals surface area contributed by atoms with Crippen molar-refractivity contribution in [3.05, 3.63) is 35.4 Å². The number of benzene rings is 1. The van der Waals surface area contributed by atoms with E-state index < -0.39 is 11.4 Å². The minimum absolute atomic E-state index is 0.112. The molecule has 0 amide bonds. The van der Waals surface area contributed by atoms with E-state index in [9.17, 15) is 9.90 Å². The van der Waals surface area contributed by atoms with Crippen LogP contribution in [0.5, 0.6) is 0 Å². The van der Waals surface area contributed by atoms with Gasteiger partial charge >= 0.3 is 5.97 Å². The average molecular weight is 263 g/mol. The molecule has 19 heavy (non-hydrogen) atoms. The summed E-state index contributed by atoms with van der Waals surface area (Å²) in [7, 11) is 0. The van der Waals surface area contributed by atoms with Gasteiger partial charge in [-0.1, -0.05) is 52.0 Å². The van der Waals surface area contributed by atoms with Crippen molar-refractivity contribution in [2.24, 2.45) is 11.1 Å². The van der Waals surface area contributed by atoms with E-state index >= 15 is 0 Å². The Balaban J connectivity index is 2.96. The minimum atomic E-state index is -0.844. The molecule has 1 aromatic carbocycles. The Labute approximate surface area is 115 Å². The van der Waals surface area contributed by atoms with Gasteiger partial charge in [0.25, 0.3) is 0 Å². The minimum Gasteiger partial charge on any atom is -0.481 e. The van der Waals surface area contributed by atoms with Crippen LogP contribution in [-0.2, 0) is 16.6 Å². The molecule has 3 N–H and O–H groups in total.